The molecule has 1 heteroatoms. The van der Waals surface area contributed by atoms with Gasteiger partial charge in [-0.05, 0) is 20.3 Å². The van der Waals surface area contributed by atoms with E-state index >= 15 is 0 Å². The van der Waals surface area contributed by atoms with Crippen molar-refractivity contribution in [3.63, 3.8) is 0 Å². The lowest BCUT2D eigenvalue weighted by atomic mass is 10.1. The van der Waals surface area contributed by atoms with Gasteiger partial charge in [0.15, 0.2) is 0 Å². The molecule has 0 aliphatic carbocycles. The molecule has 0 aliphatic rings. The average Bonchev–Trinajstić information content (AvgIpc) is 1.83. The van der Waals surface area contributed by atoms with Gasteiger partial charge in [0.25, 0.3) is 0 Å². The van der Waals surface area contributed by atoms with Gasteiger partial charge in [-0.25, -0.2) is 4.39 Å². The van der Waals surface area contributed by atoms with Crippen molar-refractivity contribution in [3.8, 4) is 0 Å². The van der Waals surface area contributed by atoms with E-state index in [0.29, 0.717) is 6.42 Å². The zero-order valence-corrected chi connectivity index (χ0v) is 6.08. The first-order valence-electron chi connectivity index (χ1n) is 3.12. The fourth-order valence-electron chi connectivity index (χ4n) is 0.477. The fraction of sp³-hybridized carbons (Fsp3) is 0.500. The smallest absolute Gasteiger partial charge is 0.0931 e. The molecule has 0 rings (SSSR count). The summed E-state index contributed by atoms with van der Waals surface area (Å²) in [7, 11) is 0. The van der Waals surface area contributed by atoms with E-state index in [2.05, 4.69) is 6.58 Å². The molecule has 0 nitrogen and oxygen atoms in total. The molecule has 0 bridgehead atoms. The van der Waals surface area contributed by atoms with Crippen LogP contribution in [0.5, 0.6) is 0 Å². The molecule has 52 valence electrons. The summed E-state index contributed by atoms with van der Waals surface area (Å²) in [4.78, 5) is 0. The van der Waals surface area contributed by atoms with Crippen LogP contribution in [0.2, 0.25) is 0 Å². The van der Waals surface area contributed by atoms with Crippen LogP contribution >= 0.6 is 0 Å². The lowest BCUT2D eigenvalue weighted by molar-refractivity contribution is 0.592. The van der Waals surface area contributed by atoms with Crippen molar-refractivity contribution in [2.75, 3.05) is 0 Å². The van der Waals surface area contributed by atoms with Crippen molar-refractivity contribution in [1.29, 1.82) is 0 Å². The number of halogens is 1. The lowest BCUT2D eigenvalue weighted by Gasteiger charge is -1.95. The Morgan fingerprint density at radius 3 is 2.44 bits per heavy atom. The predicted octanol–water partition coefficient (Wildman–Crippen LogP) is 3.22. The van der Waals surface area contributed by atoms with E-state index < -0.39 is 0 Å². The molecule has 0 aromatic carbocycles. The number of allylic oxidation sites excluding steroid dienone is 3. The van der Waals surface area contributed by atoms with Crippen LogP contribution < -0.4 is 0 Å². The van der Waals surface area contributed by atoms with Crippen molar-refractivity contribution in [2.45, 2.75) is 26.7 Å². The first kappa shape index (κ1) is 8.41. The quantitative estimate of drug-likeness (QED) is 0.512. The number of rotatable bonds is 3. The molecule has 0 saturated heterocycles. The third-order valence-corrected chi connectivity index (χ3v) is 1.28. The summed E-state index contributed by atoms with van der Waals surface area (Å²) >= 11 is 0. The number of hydrogen-bond acceptors (Lipinski definition) is 0. The normalized spacial score (nSPS) is 11.7. The molecule has 0 N–H and O–H groups in total. The molecule has 0 atom stereocenters. The fourth-order valence-corrected chi connectivity index (χ4v) is 0.477. The monoisotopic (exact) mass is 128 g/mol. The Hall–Kier alpha value is -0.590. The standard InChI is InChI=1S/C8H13F/c1-4-7(2)5-6-8(3)9/h4H,3,5-6H2,1-2H3/b7-4-. The zero-order valence-electron chi connectivity index (χ0n) is 6.08. The van der Waals surface area contributed by atoms with Crippen LogP contribution in [0.15, 0.2) is 24.1 Å². The maximum atomic E-state index is 12.0. The maximum absolute atomic E-state index is 12.0. The second-order valence-electron chi connectivity index (χ2n) is 2.15. The summed E-state index contributed by atoms with van der Waals surface area (Å²) in [5.74, 6) is -0.226. The zero-order chi connectivity index (χ0) is 7.28. The molecule has 0 aliphatic heterocycles. The highest BCUT2D eigenvalue weighted by Gasteiger charge is 1.90. The van der Waals surface area contributed by atoms with E-state index in [1.54, 1.807) is 0 Å². The van der Waals surface area contributed by atoms with Gasteiger partial charge in [0.1, 0.15) is 0 Å². The van der Waals surface area contributed by atoms with Crippen LogP contribution in [0.4, 0.5) is 4.39 Å². The Kier molecular flexibility index (Phi) is 4.02. The van der Waals surface area contributed by atoms with Crippen molar-refractivity contribution in [3.05, 3.63) is 24.1 Å². The second kappa shape index (κ2) is 4.30. The van der Waals surface area contributed by atoms with Gasteiger partial charge < -0.3 is 0 Å². The summed E-state index contributed by atoms with van der Waals surface area (Å²) in [5, 5.41) is 0. The van der Waals surface area contributed by atoms with Crippen LogP contribution in [0.3, 0.4) is 0 Å². The largest absolute Gasteiger partial charge is 0.212 e. The van der Waals surface area contributed by atoms with Crippen LogP contribution in [0.1, 0.15) is 26.7 Å². The van der Waals surface area contributed by atoms with Crippen LogP contribution in [-0.2, 0) is 0 Å². The first-order valence-corrected chi connectivity index (χ1v) is 3.12. The van der Waals surface area contributed by atoms with Gasteiger partial charge in [0.05, 0.1) is 5.83 Å². The number of hydrogen-bond donors (Lipinski definition) is 0. The summed E-state index contributed by atoms with van der Waals surface area (Å²) in [6.45, 7) is 7.11. The molecule has 0 aromatic heterocycles. The Bertz CT molecular complexity index is 123. The molecule has 0 spiro atoms. The van der Waals surface area contributed by atoms with Crippen molar-refractivity contribution >= 4 is 0 Å². The summed E-state index contributed by atoms with van der Waals surface area (Å²) < 4.78 is 12.0. The third-order valence-electron chi connectivity index (χ3n) is 1.28. The molecule has 9 heavy (non-hydrogen) atoms. The maximum Gasteiger partial charge on any atom is 0.0931 e. The Morgan fingerprint density at radius 2 is 2.11 bits per heavy atom. The topological polar surface area (TPSA) is 0 Å². The minimum Gasteiger partial charge on any atom is -0.212 e. The van der Waals surface area contributed by atoms with Gasteiger partial charge in [0.2, 0.25) is 0 Å². The molecule has 0 heterocycles. The molecule has 0 fully saturated rings. The van der Waals surface area contributed by atoms with Crippen molar-refractivity contribution in [2.24, 2.45) is 0 Å². The van der Waals surface area contributed by atoms with Crippen molar-refractivity contribution in [1.82, 2.24) is 0 Å². The molecule has 0 saturated carbocycles. The predicted molar refractivity (Wildman–Crippen MR) is 38.9 cm³/mol. The summed E-state index contributed by atoms with van der Waals surface area (Å²) in [5.41, 5.74) is 1.22. The molecular formula is C8H13F. The minimum atomic E-state index is -0.226. The Balaban J connectivity index is 3.39. The van der Waals surface area contributed by atoms with E-state index in [0.717, 1.165) is 6.42 Å². The van der Waals surface area contributed by atoms with E-state index in [4.69, 9.17) is 0 Å². The van der Waals surface area contributed by atoms with Crippen LogP contribution in [-0.4, -0.2) is 0 Å². The molecule has 0 radical (unpaired) electrons. The van der Waals surface area contributed by atoms with Gasteiger partial charge in [-0.2, -0.15) is 0 Å². The highest BCUT2D eigenvalue weighted by Crippen LogP contribution is 2.09. The molecule has 0 amide bonds. The van der Waals surface area contributed by atoms with E-state index in [1.807, 2.05) is 19.9 Å². The molecule has 0 aromatic rings. The van der Waals surface area contributed by atoms with Crippen molar-refractivity contribution < 1.29 is 4.39 Å². The summed E-state index contributed by atoms with van der Waals surface area (Å²) in [6, 6.07) is 0. The van der Waals surface area contributed by atoms with Gasteiger partial charge in [0, 0.05) is 6.42 Å². The highest BCUT2D eigenvalue weighted by molar-refractivity contribution is 4.98. The van der Waals surface area contributed by atoms with E-state index in [1.165, 1.54) is 5.57 Å². The second-order valence-corrected chi connectivity index (χ2v) is 2.15. The average molecular weight is 128 g/mol. The van der Waals surface area contributed by atoms with Crippen LogP contribution in [0.25, 0.3) is 0 Å². The van der Waals surface area contributed by atoms with Gasteiger partial charge >= 0.3 is 0 Å². The highest BCUT2D eigenvalue weighted by atomic mass is 19.1. The molecule has 0 unspecified atom stereocenters. The van der Waals surface area contributed by atoms with Gasteiger partial charge in [-0.3, -0.25) is 0 Å². The van der Waals surface area contributed by atoms with Crippen LogP contribution in [0, 0.1) is 0 Å². The Labute approximate surface area is 56.1 Å². The van der Waals surface area contributed by atoms with Gasteiger partial charge in [-0.1, -0.05) is 18.2 Å². The SMILES string of the molecule is C=C(F)CC/C(C)=C\C. The third kappa shape index (κ3) is 5.28. The van der Waals surface area contributed by atoms with Gasteiger partial charge in [-0.15, -0.1) is 0 Å². The Morgan fingerprint density at radius 1 is 1.56 bits per heavy atom. The molecular weight excluding hydrogens is 115 g/mol. The minimum absolute atomic E-state index is 0.226. The first-order chi connectivity index (χ1) is 4.16. The van der Waals surface area contributed by atoms with E-state index in [9.17, 15) is 4.39 Å². The summed E-state index contributed by atoms with van der Waals surface area (Å²) in [6.07, 6.45) is 3.25. The van der Waals surface area contributed by atoms with E-state index in [-0.39, 0.29) is 5.83 Å². The lowest BCUT2D eigenvalue weighted by Crippen LogP contribution is -1.76.